The minimum Gasteiger partial charge on any atom is -0.468 e. The van der Waals surface area contributed by atoms with Crippen LogP contribution >= 0.6 is 0 Å². The van der Waals surface area contributed by atoms with Crippen molar-refractivity contribution >= 4 is 11.6 Å². The van der Waals surface area contributed by atoms with E-state index in [1.165, 1.54) is 6.07 Å². The molecule has 0 fully saturated rings. The fraction of sp³-hybridized carbons (Fsp3) is 0.150. The number of carbonyl (C=O) groups is 1. The molecule has 26 heavy (non-hydrogen) atoms. The third-order valence-corrected chi connectivity index (χ3v) is 3.78. The van der Waals surface area contributed by atoms with Crippen LogP contribution < -0.4 is 5.32 Å². The molecule has 0 saturated heterocycles. The molecule has 3 aromatic rings. The molecule has 1 amide bonds. The van der Waals surface area contributed by atoms with Gasteiger partial charge in [0.25, 0.3) is 0 Å². The van der Waals surface area contributed by atoms with Crippen LogP contribution in [0.2, 0.25) is 0 Å². The summed E-state index contributed by atoms with van der Waals surface area (Å²) in [6.45, 7) is 1.08. The Kier molecular flexibility index (Phi) is 5.76. The first-order valence-corrected chi connectivity index (χ1v) is 8.14. The predicted octanol–water partition coefficient (Wildman–Crippen LogP) is 4.20. The lowest BCUT2D eigenvalue weighted by Gasteiger charge is -2.21. The molecule has 4 nitrogen and oxygen atoms in total. The van der Waals surface area contributed by atoms with Gasteiger partial charge in [-0.25, -0.2) is 8.78 Å². The molecule has 0 unspecified atom stereocenters. The summed E-state index contributed by atoms with van der Waals surface area (Å²) in [6, 6.07) is 16.6. The Morgan fingerprint density at radius 3 is 2.46 bits per heavy atom. The first-order valence-electron chi connectivity index (χ1n) is 8.14. The smallest absolute Gasteiger partial charge is 0.238 e. The van der Waals surface area contributed by atoms with Crippen LogP contribution in [0.5, 0.6) is 0 Å². The van der Waals surface area contributed by atoms with Gasteiger partial charge in [-0.1, -0.05) is 30.3 Å². The number of hydrogen-bond donors (Lipinski definition) is 1. The highest BCUT2D eigenvalue weighted by atomic mass is 19.2. The van der Waals surface area contributed by atoms with Gasteiger partial charge in [0, 0.05) is 18.3 Å². The van der Waals surface area contributed by atoms with Crippen molar-refractivity contribution in [2.45, 2.75) is 13.1 Å². The van der Waals surface area contributed by atoms with E-state index in [-0.39, 0.29) is 18.1 Å². The van der Waals surface area contributed by atoms with Gasteiger partial charge >= 0.3 is 0 Å². The maximum atomic E-state index is 13.3. The fourth-order valence-electron chi connectivity index (χ4n) is 2.61. The van der Waals surface area contributed by atoms with Crippen molar-refractivity contribution < 1.29 is 18.0 Å². The van der Waals surface area contributed by atoms with Gasteiger partial charge in [0.05, 0.1) is 19.4 Å². The number of nitrogens with one attached hydrogen (secondary N) is 1. The van der Waals surface area contributed by atoms with E-state index < -0.39 is 11.6 Å². The van der Waals surface area contributed by atoms with Crippen molar-refractivity contribution in [3.8, 4) is 0 Å². The van der Waals surface area contributed by atoms with E-state index in [0.717, 1.165) is 23.5 Å². The van der Waals surface area contributed by atoms with Gasteiger partial charge in [-0.05, 0) is 29.8 Å². The molecule has 0 atom stereocenters. The van der Waals surface area contributed by atoms with Gasteiger partial charge in [0.15, 0.2) is 11.6 Å². The first kappa shape index (κ1) is 17.8. The summed E-state index contributed by atoms with van der Waals surface area (Å²) in [5, 5.41) is 2.59. The Hall–Kier alpha value is -2.99. The summed E-state index contributed by atoms with van der Waals surface area (Å²) in [7, 11) is 0. The highest BCUT2D eigenvalue weighted by molar-refractivity contribution is 5.92. The summed E-state index contributed by atoms with van der Waals surface area (Å²) >= 11 is 0. The molecule has 2 aromatic carbocycles. The van der Waals surface area contributed by atoms with Crippen LogP contribution in [0.15, 0.2) is 71.3 Å². The number of anilines is 1. The van der Waals surface area contributed by atoms with Crippen molar-refractivity contribution in [2.24, 2.45) is 0 Å². The molecule has 6 heteroatoms. The lowest BCUT2D eigenvalue weighted by atomic mass is 10.2. The molecular weight excluding hydrogens is 338 g/mol. The van der Waals surface area contributed by atoms with E-state index in [1.807, 2.05) is 41.3 Å². The highest BCUT2D eigenvalue weighted by Gasteiger charge is 2.14. The molecule has 0 saturated carbocycles. The number of nitrogens with zero attached hydrogens (tertiary/aromatic N) is 1. The van der Waals surface area contributed by atoms with E-state index >= 15 is 0 Å². The first-order chi connectivity index (χ1) is 12.6. The fourth-order valence-corrected chi connectivity index (χ4v) is 2.61. The Bertz CT molecular complexity index is 852. The van der Waals surface area contributed by atoms with Crippen LogP contribution in [-0.2, 0) is 17.9 Å². The zero-order chi connectivity index (χ0) is 18.4. The zero-order valence-electron chi connectivity index (χ0n) is 14.0. The minimum absolute atomic E-state index is 0.0780. The standard InChI is InChI=1S/C20H18F2N2O2/c21-18-9-8-16(11-19(18)22)23-20(25)14-24(13-17-7-4-10-26-17)12-15-5-2-1-3-6-15/h1-11H,12-14H2,(H,23,25). The van der Waals surface area contributed by atoms with Gasteiger partial charge in [-0.15, -0.1) is 0 Å². The Balaban J connectivity index is 1.67. The monoisotopic (exact) mass is 356 g/mol. The average Bonchev–Trinajstić information content (AvgIpc) is 3.12. The second-order valence-corrected chi connectivity index (χ2v) is 5.89. The maximum absolute atomic E-state index is 13.3. The number of hydrogen-bond acceptors (Lipinski definition) is 3. The third-order valence-electron chi connectivity index (χ3n) is 3.78. The third kappa shape index (κ3) is 5.00. The summed E-state index contributed by atoms with van der Waals surface area (Å²) in [4.78, 5) is 14.2. The molecule has 0 aliphatic heterocycles. The summed E-state index contributed by atoms with van der Waals surface area (Å²) in [5.74, 6) is -1.54. The van der Waals surface area contributed by atoms with Crippen LogP contribution in [-0.4, -0.2) is 17.4 Å². The molecule has 0 bridgehead atoms. The SMILES string of the molecule is O=C(CN(Cc1ccccc1)Cc1ccco1)Nc1ccc(F)c(F)c1. The van der Waals surface area contributed by atoms with Crippen molar-refractivity contribution in [3.63, 3.8) is 0 Å². The summed E-state index contributed by atoms with van der Waals surface area (Å²) in [5.41, 5.74) is 1.27. The average molecular weight is 356 g/mol. The van der Waals surface area contributed by atoms with Crippen molar-refractivity contribution in [3.05, 3.63) is 89.9 Å². The lowest BCUT2D eigenvalue weighted by molar-refractivity contribution is -0.117. The molecule has 0 radical (unpaired) electrons. The molecule has 3 rings (SSSR count). The van der Waals surface area contributed by atoms with Gasteiger partial charge < -0.3 is 9.73 Å². The van der Waals surface area contributed by atoms with E-state index in [4.69, 9.17) is 4.42 Å². The number of carbonyl (C=O) groups excluding carboxylic acids is 1. The maximum Gasteiger partial charge on any atom is 0.238 e. The lowest BCUT2D eigenvalue weighted by Crippen LogP contribution is -2.32. The van der Waals surface area contributed by atoms with Crippen LogP contribution in [0.3, 0.4) is 0 Å². The topological polar surface area (TPSA) is 45.5 Å². The van der Waals surface area contributed by atoms with E-state index in [9.17, 15) is 13.6 Å². The molecule has 0 spiro atoms. The molecule has 134 valence electrons. The van der Waals surface area contributed by atoms with Crippen molar-refractivity contribution in [2.75, 3.05) is 11.9 Å². The quantitative estimate of drug-likeness (QED) is 0.690. The minimum atomic E-state index is -1.00. The molecule has 1 heterocycles. The van der Waals surface area contributed by atoms with Gasteiger partial charge in [0.2, 0.25) is 5.91 Å². The van der Waals surface area contributed by atoms with Gasteiger partial charge in [-0.3, -0.25) is 9.69 Å². The van der Waals surface area contributed by atoms with E-state index in [1.54, 1.807) is 12.3 Å². The Morgan fingerprint density at radius 2 is 1.77 bits per heavy atom. The van der Waals surface area contributed by atoms with Crippen LogP contribution in [0, 0.1) is 11.6 Å². The number of amides is 1. The molecule has 1 N–H and O–H groups in total. The molecule has 1 aromatic heterocycles. The second-order valence-electron chi connectivity index (χ2n) is 5.89. The van der Waals surface area contributed by atoms with Gasteiger partial charge in [-0.2, -0.15) is 0 Å². The van der Waals surface area contributed by atoms with Gasteiger partial charge in [0.1, 0.15) is 5.76 Å². The normalized spacial score (nSPS) is 10.9. The number of rotatable bonds is 7. The number of halogens is 2. The summed E-state index contributed by atoms with van der Waals surface area (Å²) < 4.78 is 31.6. The second kappa shape index (κ2) is 8.40. The van der Waals surface area contributed by atoms with Crippen molar-refractivity contribution in [1.29, 1.82) is 0 Å². The van der Waals surface area contributed by atoms with Crippen LogP contribution in [0.1, 0.15) is 11.3 Å². The van der Waals surface area contributed by atoms with E-state index in [2.05, 4.69) is 5.32 Å². The molecule has 0 aliphatic carbocycles. The highest BCUT2D eigenvalue weighted by Crippen LogP contribution is 2.14. The predicted molar refractivity (Wildman–Crippen MR) is 94.3 cm³/mol. The van der Waals surface area contributed by atoms with Crippen molar-refractivity contribution in [1.82, 2.24) is 4.90 Å². The summed E-state index contributed by atoms with van der Waals surface area (Å²) in [6.07, 6.45) is 1.58. The molecular formula is C20H18F2N2O2. The van der Waals surface area contributed by atoms with E-state index in [0.29, 0.717) is 13.1 Å². The Morgan fingerprint density at radius 1 is 0.962 bits per heavy atom. The zero-order valence-corrected chi connectivity index (χ0v) is 14.0. The van der Waals surface area contributed by atoms with Crippen LogP contribution in [0.4, 0.5) is 14.5 Å². The Labute approximate surface area is 150 Å². The van der Waals surface area contributed by atoms with Crippen LogP contribution in [0.25, 0.3) is 0 Å². The molecule has 0 aliphatic rings. The number of furan rings is 1. The largest absolute Gasteiger partial charge is 0.468 e. The number of benzene rings is 2.